The number of anilines is 4. The van der Waals surface area contributed by atoms with Gasteiger partial charge < -0.3 is 25.6 Å². The van der Waals surface area contributed by atoms with Gasteiger partial charge in [-0.05, 0) is 43.2 Å². The summed E-state index contributed by atoms with van der Waals surface area (Å²) in [5.74, 6) is 0.502. The van der Waals surface area contributed by atoms with Gasteiger partial charge in [0.15, 0.2) is 9.84 Å². The van der Waals surface area contributed by atoms with Gasteiger partial charge in [0.2, 0.25) is 11.8 Å². The highest BCUT2D eigenvalue weighted by atomic mass is 32.2. The molecule has 3 aromatic rings. The molecular weight excluding hydrogens is 565 g/mol. The highest BCUT2D eigenvalue weighted by molar-refractivity contribution is 7.91. The molecule has 1 aliphatic heterocycles. The summed E-state index contributed by atoms with van der Waals surface area (Å²) in [6.07, 6.45) is -0.179. The molecule has 0 spiro atoms. The van der Waals surface area contributed by atoms with Gasteiger partial charge in [0.25, 0.3) is 0 Å². The van der Waals surface area contributed by atoms with Crippen LogP contribution in [0.5, 0.6) is 11.6 Å². The zero-order valence-electron chi connectivity index (χ0n) is 21.4. The van der Waals surface area contributed by atoms with Gasteiger partial charge in [-0.1, -0.05) is 0 Å². The van der Waals surface area contributed by atoms with Crippen molar-refractivity contribution in [1.82, 2.24) is 9.97 Å². The lowest BCUT2D eigenvalue weighted by molar-refractivity contribution is -0.137. The number of rotatable bonds is 7. The predicted octanol–water partition coefficient (Wildman–Crippen LogP) is 4.52. The fourth-order valence-electron chi connectivity index (χ4n) is 4.05. The van der Waals surface area contributed by atoms with E-state index in [9.17, 15) is 31.2 Å². The van der Waals surface area contributed by atoms with E-state index in [1.54, 1.807) is 12.1 Å². The number of carbonyl (C=O) groups excluding carboxylic acids is 2. The van der Waals surface area contributed by atoms with Crippen LogP contribution >= 0.6 is 0 Å². The number of sulfone groups is 1. The molecule has 3 heterocycles. The molecule has 2 fully saturated rings. The Bertz CT molecular complexity index is 1550. The van der Waals surface area contributed by atoms with Crippen molar-refractivity contribution in [2.45, 2.75) is 19.0 Å². The number of nitrogens with one attached hydrogen (secondary N) is 3. The van der Waals surface area contributed by atoms with Crippen LogP contribution in [0.4, 0.5) is 40.8 Å². The molecule has 1 aromatic carbocycles. The minimum absolute atomic E-state index is 0.0201. The largest absolute Gasteiger partial charge is 0.439 e. The number of urea groups is 1. The van der Waals surface area contributed by atoms with Crippen LogP contribution in [0.25, 0.3) is 0 Å². The lowest BCUT2D eigenvalue weighted by Gasteiger charge is -2.29. The molecule has 11 nitrogen and oxygen atoms in total. The third-order valence-electron chi connectivity index (χ3n) is 6.36. The molecule has 0 radical (unpaired) electrons. The number of carbonyl (C=O) groups is 2. The fourth-order valence-corrected chi connectivity index (χ4v) is 5.25. The summed E-state index contributed by atoms with van der Waals surface area (Å²) in [5.41, 5.74) is -0.695. The van der Waals surface area contributed by atoms with E-state index in [-0.39, 0.29) is 59.4 Å². The first kappa shape index (κ1) is 28.1. The van der Waals surface area contributed by atoms with Gasteiger partial charge in [-0.3, -0.25) is 4.79 Å². The van der Waals surface area contributed by atoms with Crippen molar-refractivity contribution < 1.29 is 35.9 Å². The van der Waals surface area contributed by atoms with Crippen molar-refractivity contribution in [3.05, 3.63) is 60.4 Å². The van der Waals surface area contributed by atoms with Crippen molar-refractivity contribution in [2.75, 3.05) is 45.4 Å². The Morgan fingerprint density at radius 1 is 0.927 bits per heavy atom. The van der Waals surface area contributed by atoms with Gasteiger partial charge in [-0.15, -0.1) is 0 Å². The van der Waals surface area contributed by atoms with Crippen LogP contribution in [0.1, 0.15) is 18.4 Å². The summed E-state index contributed by atoms with van der Waals surface area (Å²) in [5, 5.41) is 7.61. The second-order valence-electron chi connectivity index (χ2n) is 9.61. The van der Waals surface area contributed by atoms with Gasteiger partial charge in [0, 0.05) is 48.7 Å². The summed E-state index contributed by atoms with van der Waals surface area (Å²) >= 11 is 0. The van der Waals surface area contributed by atoms with Crippen LogP contribution < -0.4 is 25.6 Å². The number of aromatic nitrogens is 2. The van der Waals surface area contributed by atoms with Crippen LogP contribution in [-0.2, 0) is 20.8 Å². The smallest absolute Gasteiger partial charge is 0.416 e. The molecule has 2 aliphatic rings. The van der Waals surface area contributed by atoms with Crippen LogP contribution in [-0.4, -0.2) is 54.9 Å². The number of ether oxygens (including phenoxy) is 1. The maximum Gasteiger partial charge on any atom is 0.416 e. The van der Waals surface area contributed by atoms with Crippen LogP contribution in [0.2, 0.25) is 0 Å². The maximum atomic E-state index is 13.5. The predicted molar refractivity (Wildman–Crippen MR) is 145 cm³/mol. The number of amides is 3. The molecule has 1 aliphatic carbocycles. The highest BCUT2D eigenvalue weighted by Crippen LogP contribution is 2.35. The lowest BCUT2D eigenvalue weighted by atomic mass is 10.1. The van der Waals surface area contributed by atoms with Gasteiger partial charge in [-0.2, -0.15) is 13.2 Å². The number of hydrogen-bond acceptors (Lipinski definition) is 8. The molecule has 0 atom stereocenters. The quantitative estimate of drug-likeness (QED) is 0.365. The standard InChI is InChI=1S/C26H25F3N6O5S/c27-26(28,29)17-11-19(13-20(12-17)35-7-9-41(38,39)10-8-35)33-25(37)32-18-3-4-23(31-15-18)40-21-5-6-30-22(14-21)34-24(36)16-1-2-16/h3-6,11-16H,1-2,7-10H2,(H,30,34,36)(H2,32,33,37). The van der Waals surface area contributed by atoms with E-state index >= 15 is 0 Å². The monoisotopic (exact) mass is 590 g/mol. The Hall–Kier alpha value is -4.40. The van der Waals surface area contributed by atoms with E-state index < -0.39 is 27.6 Å². The molecule has 5 rings (SSSR count). The molecule has 1 saturated carbocycles. The van der Waals surface area contributed by atoms with Crippen molar-refractivity contribution >= 4 is 44.7 Å². The molecule has 1 saturated heterocycles. The molecule has 2 aromatic heterocycles. The van der Waals surface area contributed by atoms with Crippen LogP contribution in [0.15, 0.2) is 54.9 Å². The van der Waals surface area contributed by atoms with Crippen LogP contribution in [0, 0.1) is 5.92 Å². The van der Waals surface area contributed by atoms with Crippen molar-refractivity contribution in [3.8, 4) is 11.6 Å². The van der Waals surface area contributed by atoms with Gasteiger partial charge in [0.05, 0.1) is 29.0 Å². The van der Waals surface area contributed by atoms with Crippen molar-refractivity contribution in [2.24, 2.45) is 5.92 Å². The first-order valence-corrected chi connectivity index (χ1v) is 14.4. The van der Waals surface area contributed by atoms with E-state index in [1.807, 2.05) is 0 Å². The lowest BCUT2D eigenvalue weighted by Crippen LogP contribution is -2.40. The topological polar surface area (TPSA) is 143 Å². The molecule has 3 N–H and O–H groups in total. The van der Waals surface area contributed by atoms with Gasteiger partial charge >= 0.3 is 12.2 Å². The van der Waals surface area contributed by atoms with Gasteiger partial charge in [0.1, 0.15) is 11.6 Å². The first-order chi connectivity index (χ1) is 19.4. The van der Waals surface area contributed by atoms with E-state index in [2.05, 4.69) is 25.9 Å². The second-order valence-corrected chi connectivity index (χ2v) is 11.9. The summed E-state index contributed by atoms with van der Waals surface area (Å²) in [7, 11) is -3.23. The van der Waals surface area contributed by atoms with E-state index in [0.29, 0.717) is 11.6 Å². The SMILES string of the molecule is O=C(Nc1ccc(Oc2ccnc(NC(=O)C3CC3)c2)nc1)Nc1cc(N2CCS(=O)(=O)CC2)cc(C(F)(F)F)c1. The van der Waals surface area contributed by atoms with E-state index in [4.69, 9.17) is 4.74 Å². The summed E-state index contributed by atoms with van der Waals surface area (Å²) < 4.78 is 69.8. The molecule has 41 heavy (non-hydrogen) atoms. The third kappa shape index (κ3) is 7.63. The van der Waals surface area contributed by atoms with Crippen LogP contribution in [0.3, 0.4) is 0 Å². The Labute approximate surface area is 233 Å². The molecule has 15 heteroatoms. The van der Waals surface area contributed by atoms with E-state index in [1.165, 1.54) is 35.5 Å². The normalized spacial score (nSPS) is 16.5. The van der Waals surface area contributed by atoms with Crippen molar-refractivity contribution in [3.63, 3.8) is 0 Å². The number of pyridine rings is 2. The van der Waals surface area contributed by atoms with E-state index in [0.717, 1.165) is 25.0 Å². The third-order valence-corrected chi connectivity index (χ3v) is 7.97. The summed E-state index contributed by atoms with van der Waals surface area (Å²) in [6, 6.07) is 8.38. The fraction of sp³-hybridized carbons (Fsp3) is 0.308. The number of halogens is 3. The Balaban J connectivity index is 1.21. The Morgan fingerprint density at radius 2 is 1.66 bits per heavy atom. The average Bonchev–Trinajstić information content (AvgIpc) is 3.75. The first-order valence-electron chi connectivity index (χ1n) is 12.6. The molecule has 0 unspecified atom stereocenters. The highest BCUT2D eigenvalue weighted by Gasteiger charge is 2.33. The molecule has 216 valence electrons. The molecule has 0 bridgehead atoms. The Morgan fingerprint density at radius 3 is 2.32 bits per heavy atom. The number of benzene rings is 1. The summed E-state index contributed by atoms with van der Waals surface area (Å²) in [6.45, 7) is 0.0938. The average molecular weight is 591 g/mol. The maximum absolute atomic E-state index is 13.5. The molecule has 3 amide bonds. The zero-order valence-corrected chi connectivity index (χ0v) is 22.3. The number of nitrogens with zero attached hydrogens (tertiary/aromatic N) is 3. The second kappa shape index (κ2) is 11.2. The minimum atomic E-state index is -4.68. The minimum Gasteiger partial charge on any atom is -0.439 e. The number of alkyl halides is 3. The summed E-state index contributed by atoms with van der Waals surface area (Å²) in [4.78, 5) is 34.3. The molecular formula is C26H25F3N6O5S. The zero-order chi connectivity index (χ0) is 29.2. The Kier molecular flexibility index (Phi) is 7.71. The van der Waals surface area contributed by atoms with Crippen molar-refractivity contribution in [1.29, 1.82) is 0 Å². The number of hydrogen-bond donors (Lipinski definition) is 3. The van der Waals surface area contributed by atoms with Gasteiger partial charge in [-0.25, -0.2) is 23.2 Å².